The molecule has 0 bridgehead atoms. The number of hydrogen-bond acceptors (Lipinski definition) is 6. The number of nitrogens with zero attached hydrogens (tertiary/aromatic N) is 4. The fourth-order valence-electron chi connectivity index (χ4n) is 5.03. The molecule has 0 fully saturated rings. The van der Waals surface area contributed by atoms with E-state index in [1.807, 2.05) is 76.6 Å². The Morgan fingerprint density at radius 2 is 1.50 bits per heavy atom. The van der Waals surface area contributed by atoms with Gasteiger partial charge in [-0.1, -0.05) is 59.1 Å². The Bertz CT molecular complexity index is 1590. The number of hydrazone groups is 1. The molecule has 5 rings (SSSR count). The van der Waals surface area contributed by atoms with Crippen LogP contribution in [0.4, 0.5) is 17.1 Å². The second kappa shape index (κ2) is 13.1. The first-order chi connectivity index (χ1) is 20.3. The molecule has 0 aromatic heterocycles. The molecule has 1 unspecified atom stereocenters. The van der Waals surface area contributed by atoms with Crippen LogP contribution < -0.4 is 19.5 Å². The van der Waals surface area contributed by atoms with Crippen molar-refractivity contribution in [3.8, 4) is 5.75 Å². The van der Waals surface area contributed by atoms with Crippen LogP contribution in [0.15, 0.2) is 96.1 Å². The lowest BCUT2D eigenvalue weighted by molar-refractivity contribution is -0.111. The maximum absolute atomic E-state index is 13.1. The van der Waals surface area contributed by atoms with Crippen LogP contribution >= 0.6 is 34.8 Å². The van der Waals surface area contributed by atoms with Gasteiger partial charge in [-0.3, -0.25) is 9.69 Å². The average Bonchev–Trinajstić information content (AvgIpc) is 3.39. The van der Waals surface area contributed by atoms with E-state index in [2.05, 4.69) is 30.9 Å². The fourth-order valence-corrected chi connectivity index (χ4v) is 5.62. The molecule has 0 saturated carbocycles. The second-order valence-electron chi connectivity index (χ2n) is 9.80. The standard InChI is InChI=1S/C33H31Cl3N4O2/c1-4-38(5-2)26-16-18-27(19-17-26)39-32(22(3)41)37-40(28-14-12-24(34)13-15-28)33(39)29-8-6-7-9-31(29)42-21-23-10-11-25(35)20-30(23)36/h6-20,33H,4-5,21H2,1-3H3. The van der Waals surface area contributed by atoms with Gasteiger partial charge >= 0.3 is 0 Å². The molecular formula is C33H31Cl3N4O2. The molecule has 216 valence electrons. The summed E-state index contributed by atoms with van der Waals surface area (Å²) in [4.78, 5) is 17.3. The molecular weight excluding hydrogens is 591 g/mol. The zero-order chi connectivity index (χ0) is 29.8. The molecule has 0 saturated heterocycles. The summed E-state index contributed by atoms with van der Waals surface area (Å²) in [6, 6.07) is 28.7. The Labute approximate surface area is 261 Å². The second-order valence-corrected chi connectivity index (χ2v) is 11.1. The molecule has 1 heterocycles. The van der Waals surface area contributed by atoms with Crippen LogP contribution in [-0.2, 0) is 11.4 Å². The summed E-state index contributed by atoms with van der Waals surface area (Å²) < 4.78 is 6.37. The van der Waals surface area contributed by atoms with Crippen molar-refractivity contribution in [2.24, 2.45) is 5.10 Å². The third-order valence-electron chi connectivity index (χ3n) is 7.16. The maximum atomic E-state index is 13.1. The topological polar surface area (TPSA) is 48.4 Å². The summed E-state index contributed by atoms with van der Waals surface area (Å²) in [5, 5.41) is 8.39. The molecule has 6 nitrogen and oxygen atoms in total. The normalized spacial score (nSPS) is 14.6. The van der Waals surface area contributed by atoms with Gasteiger partial charge < -0.3 is 9.64 Å². The van der Waals surface area contributed by atoms with Crippen molar-refractivity contribution < 1.29 is 9.53 Å². The first-order valence-electron chi connectivity index (χ1n) is 13.7. The number of halogens is 3. The minimum atomic E-state index is -0.527. The van der Waals surface area contributed by atoms with Gasteiger partial charge in [-0.2, -0.15) is 0 Å². The summed E-state index contributed by atoms with van der Waals surface area (Å²) in [7, 11) is 0. The summed E-state index contributed by atoms with van der Waals surface area (Å²) in [5.41, 5.74) is 4.35. The lowest BCUT2D eigenvalue weighted by Gasteiger charge is -2.33. The predicted octanol–water partition coefficient (Wildman–Crippen LogP) is 9.00. The number of hydrogen-bond donors (Lipinski definition) is 0. The minimum Gasteiger partial charge on any atom is -0.488 e. The number of rotatable bonds is 10. The average molecular weight is 622 g/mol. The molecule has 0 aliphatic carbocycles. The van der Waals surface area contributed by atoms with Gasteiger partial charge in [0.1, 0.15) is 12.4 Å². The predicted molar refractivity (Wildman–Crippen MR) is 175 cm³/mol. The number of anilines is 3. The number of carbonyl (C=O) groups is 1. The third-order valence-corrected chi connectivity index (χ3v) is 8.00. The minimum absolute atomic E-state index is 0.157. The largest absolute Gasteiger partial charge is 0.488 e. The lowest BCUT2D eigenvalue weighted by atomic mass is 10.1. The van der Waals surface area contributed by atoms with Crippen LogP contribution in [0.25, 0.3) is 0 Å². The molecule has 4 aromatic carbocycles. The molecule has 42 heavy (non-hydrogen) atoms. The highest BCUT2D eigenvalue weighted by Gasteiger charge is 2.40. The van der Waals surface area contributed by atoms with E-state index in [0.717, 1.165) is 41.3 Å². The molecule has 0 N–H and O–H groups in total. The first kappa shape index (κ1) is 29.8. The summed E-state index contributed by atoms with van der Waals surface area (Å²) in [6.07, 6.45) is -0.527. The highest BCUT2D eigenvalue weighted by Crippen LogP contribution is 2.43. The Morgan fingerprint density at radius 3 is 2.14 bits per heavy atom. The van der Waals surface area contributed by atoms with E-state index >= 15 is 0 Å². The van der Waals surface area contributed by atoms with Crippen molar-refractivity contribution >= 4 is 63.5 Å². The number of ketones is 1. The number of carbonyl (C=O) groups excluding carboxylic acids is 1. The Morgan fingerprint density at radius 1 is 0.857 bits per heavy atom. The van der Waals surface area contributed by atoms with E-state index in [0.29, 0.717) is 26.7 Å². The van der Waals surface area contributed by atoms with Crippen molar-refractivity contribution in [1.29, 1.82) is 0 Å². The number of benzene rings is 4. The van der Waals surface area contributed by atoms with Crippen molar-refractivity contribution in [3.63, 3.8) is 0 Å². The number of amidine groups is 1. The molecule has 4 aromatic rings. The van der Waals surface area contributed by atoms with E-state index < -0.39 is 6.17 Å². The smallest absolute Gasteiger partial charge is 0.198 e. The number of Topliss-reactive ketones (excluding diaryl/α,β-unsaturated/α-hetero) is 1. The molecule has 0 amide bonds. The van der Waals surface area contributed by atoms with Crippen molar-refractivity contribution in [1.82, 2.24) is 0 Å². The maximum Gasteiger partial charge on any atom is 0.198 e. The molecule has 0 spiro atoms. The van der Waals surface area contributed by atoms with E-state index in [4.69, 9.17) is 44.6 Å². The van der Waals surface area contributed by atoms with Gasteiger partial charge in [0.05, 0.1) is 5.69 Å². The van der Waals surface area contributed by atoms with E-state index in [1.165, 1.54) is 6.92 Å². The van der Waals surface area contributed by atoms with Gasteiger partial charge in [-0.05, 0) is 80.6 Å². The van der Waals surface area contributed by atoms with Gasteiger partial charge in [0.25, 0.3) is 0 Å². The third kappa shape index (κ3) is 6.21. The fraction of sp³-hybridized carbons (Fsp3) is 0.212. The molecule has 0 radical (unpaired) electrons. The van der Waals surface area contributed by atoms with Gasteiger partial charge in [-0.15, -0.1) is 5.10 Å². The summed E-state index contributed by atoms with van der Waals surface area (Å²) in [5.74, 6) is 0.800. The summed E-state index contributed by atoms with van der Waals surface area (Å²) >= 11 is 18.8. The Kier molecular flexibility index (Phi) is 9.27. The van der Waals surface area contributed by atoms with Gasteiger partial charge in [-0.25, -0.2) is 5.01 Å². The van der Waals surface area contributed by atoms with Gasteiger partial charge in [0.2, 0.25) is 0 Å². The van der Waals surface area contributed by atoms with E-state index in [-0.39, 0.29) is 12.4 Å². The Hall–Kier alpha value is -3.71. The highest BCUT2D eigenvalue weighted by molar-refractivity contribution is 6.44. The van der Waals surface area contributed by atoms with Crippen LogP contribution in [0.2, 0.25) is 15.1 Å². The zero-order valence-corrected chi connectivity index (χ0v) is 25.9. The first-order valence-corrected chi connectivity index (χ1v) is 14.9. The van der Waals surface area contributed by atoms with Gasteiger partial charge in [0, 0.05) is 57.6 Å². The van der Waals surface area contributed by atoms with Crippen molar-refractivity contribution in [2.45, 2.75) is 33.5 Å². The van der Waals surface area contributed by atoms with Crippen LogP contribution in [0.3, 0.4) is 0 Å². The van der Waals surface area contributed by atoms with Crippen molar-refractivity contribution in [3.05, 3.63) is 117 Å². The lowest BCUT2D eigenvalue weighted by Crippen LogP contribution is -2.38. The molecule has 1 atom stereocenters. The molecule has 1 aliphatic heterocycles. The van der Waals surface area contributed by atoms with Crippen LogP contribution in [0.1, 0.15) is 38.1 Å². The zero-order valence-electron chi connectivity index (χ0n) is 23.6. The number of para-hydroxylation sites is 1. The van der Waals surface area contributed by atoms with Gasteiger partial charge in [0.15, 0.2) is 17.8 Å². The SMILES string of the molecule is CCN(CC)c1ccc(N2C(C(C)=O)=NN(c3ccc(Cl)cc3)C2c2ccccc2OCc2ccc(Cl)cc2Cl)cc1. The van der Waals surface area contributed by atoms with Crippen LogP contribution in [0, 0.1) is 0 Å². The quantitative estimate of drug-likeness (QED) is 0.177. The molecule has 9 heteroatoms. The Balaban J connectivity index is 1.60. The van der Waals surface area contributed by atoms with Crippen LogP contribution in [-0.4, -0.2) is 24.7 Å². The van der Waals surface area contributed by atoms with E-state index in [1.54, 1.807) is 12.1 Å². The van der Waals surface area contributed by atoms with E-state index in [9.17, 15) is 4.79 Å². The van der Waals surface area contributed by atoms with Crippen LogP contribution in [0.5, 0.6) is 5.75 Å². The van der Waals surface area contributed by atoms with Crippen molar-refractivity contribution in [2.75, 3.05) is 27.9 Å². The highest BCUT2D eigenvalue weighted by atomic mass is 35.5. The number of ether oxygens (including phenoxy) is 1. The summed E-state index contributed by atoms with van der Waals surface area (Å²) in [6.45, 7) is 7.83. The molecule has 1 aliphatic rings. The monoisotopic (exact) mass is 620 g/mol.